The Bertz CT molecular complexity index is 537. The molecule has 0 aliphatic heterocycles. The fourth-order valence-corrected chi connectivity index (χ4v) is 1.71. The van der Waals surface area contributed by atoms with Gasteiger partial charge in [0.1, 0.15) is 0 Å². The van der Waals surface area contributed by atoms with Gasteiger partial charge in [0.2, 0.25) is 0 Å². The van der Waals surface area contributed by atoms with Gasteiger partial charge in [-0.25, -0.2) is 0 Å². The third-order valence-electron chi connectivity index (χ3n) is 2.11. The monoisotopic (exact) mass is 247 g/mol. The van der Waals surface area contributed by atoms with Crippen molar-refractivity contribution in [3.63, 3.8) is 0 Å². The Morgan fingerprint density at radius 3 is 2.21 bits per heavy atom. The summed E-state index contributed by atoms with van der Waals surface area (Å²) < 4.78 is 1.08. The average Bonchev–Trinajstić information content (AvgIpc) is 2.47. The number of aromatic nitrogens is 1. The molecule has 1 aromatic carbocycles. The first-order valence-electron chi connectivity index (χ1n) is 4.29. The van der Waals surface area contributed by atoms with Crippen molar-refractivity contribution in [2.45, 2.75) is 0 Å². The van der Waals surface area contributed by atoms with E-state index < -0.39 is 0 Å². The van der Waals surface area contributed by atoms with E-state index in [4.69, 9.17) is 0 Å². The number of halogens is 1. The number of aromatic amines is 1. The highest BCUT2D eigenvalue weighted by molar-refractivity contribution is 9.10. The molecule has 0 radical (unpaired) electrons. The van der Waals surface area contributed by atoms with E-state index in [1.54, 1.807) is 0 Å². The zero-order valence-corrected chi connectivity index (χ0v) is 9.26. The van der Waals surface area contributed by atoms with E-state index in [0.29, 0.717) is 0 Å². The van der Waals surface area contributed by atoms with E-state index >= 15 is 0 Å². The molecule has 2 aromatic rings. The van der Waals surface area contributed by atoms with Crippen LogP contribution in [-0.4, -0.2) is 4.98 Å². The van der Waals surface area contributed by atoms with Crippen molar-refractivity contribution in [1.82, 2.24) is 4.98 Å². The van der Waals surface area contributed by atoms with Crippen LogP contribution in [0.25, 0.3) is 24.3 Å². The zero-order chi connectivity index (χ0) is 10.1. The molecular weight excluding hydrogens is 238 g/mol. The van der Waals surface area contributed by atoms with Gasteiger partial charge in [-0.3, -0.25) is 0 Å². The standard InChI is InChI=1S/C12H10BrN/c1-8-7-12(9(2)14-8)10-3-5-11(13)6-4-10/h3-7,14H,1-2H2. The molecule has 70 valence electrons. The van der Waals surface area contributed by atoms with E-state index in [0.717, 1.165) is 26.3 Å². The summed E-state index contributed by atoms with van der Waals surface area (Å²) >= 11 is 3.41. The molecule has 1 N–H and O–H groups in total. The lowest BCUT2D eigenvalue weighted by Gasteiger charge is -1.97. The fourth-order valence-electron chi connectivity index (χ4n) is 1.45. The minimum atomic E-state index is 0.896. The Hall–Kier alpha value is -1.28. The molecule has 1 heterocycles. The van der Waals surface area contributed by atoms with Gasteiger partial charge in [-0.2, -0.15) is 0 Å². The van der Waals surface area contributed by atoms with Crippen molar-refractivity contribution in [2.24, 2.45) is 0 Å². The Labute approximate surface area is 90.9 Å². The second-order valence-corrected chi connectivity index (χ2v) is 4.11. The summed E-state index contributed by atoms with van der Waals surface area (Å²) in [6.07, 6.45) is 0. The number of hydrogen-bond acceptors (Lipinski definition) is 0. The molecule has 2 heteroatoms. The second-order valence-electron chi connectivity index (χ2n) is 3.19. The van der Waals surface area contributed by atoms with Crippen molar-refractivity contribution in [1.29, 1.82) is 0 Å². The third kappa shape index (κ3) is 1.66. The average molecular weight is 248 g/mol. The van der Waals surface area contributed by atoms with Crippen LogP contribution in [0.3, 0.4) is 0 Å². The van der Waals surface area contributed by atoms with E-state index in [2.05, 4.69) is 46.2 Å². The molecule has 14 heavy (non-hydrogen) atoms. The molecule has 0 aliphatic carbocycles. The normalized spacial score (nSPS) is 10.4. The van der Waals surface area contributed by atoms with Gasteiger partial charge in [0, 0.05) is 20.7 Å². The largest absolute Gasteiger partial charge is 0.356 e. The number of benzene rings is 1. The van der Waals surface area contributed by atoms with Crippen molar-refractivity contribution in [2.75, 3.05) is 0 Å². The molecule has 0 aliphatic rings. The summed E-state index contributed by atoms with van der Waals surface area (Å²) in [4.78, 5) is 3.09. The highest BCUT2D eigenvalue weighted by Gasteiger charge is 1.99. The van der Waals surface area contributed by atoms with E-state index in [1.807, 2.05) is 18.2 Å². The zero-order valence-electron chi connectivity index (χ0n) is 7.68. The van der Waals surface area contributed by atoms with Gasteiger partial charge in [0.15, 0.2) is 0 Å². The third-order valence-corrected chi connectivity index (χ3v) is 2.64. The van der Waals surface area contributed by atoms with Crippen LogP contribution in [0.5, 0.6) is 0 Å². The smallest absolute Gasteiger partial charge is 0.0391 e. The Balaban J connectivity index is 2.60. The first kappa shape index (κ1) is 9.28. The molecule has 0 unspecified atom stereocenters. The maximum absolute atomic E-state index is 3.93. The van der Waals surface area contributed by atoms with E-state index in [-0.39, 0.29) is 0 Å². The summed E-state index contributed by atoms with van der Waals surface area (Å²) in [7, 11) is 0. The summed E-state index contributed by atoms with van der Waals surface area (Å²) in [5, 5.41) is 1.81. The van der Waals surface area contributed by atoms with Crippen molar-refractivity contribution >= 4 is 29.1 Å². The SMILES string of the molecule is C=c1cc(-c2ccc(Br)cc2)c(=C)[nH]1. The molecule has 1 nitrogen and oxygen atoms in total. The quantitative estimate of drug-likeness (QED) is 0.796. The number of H-pyrrole nitrogens is 1. The molecule has 0 saturated carbocycles. The number of rotatable bonds is 1. The summed E-state index contributed by atoms with van der Waals surface area (Å²) in [5.41, 5.74) is 2.27. The predicted octanol–water partition coefficient (Wildman–Crippen LogP) is 2.26. The first-order chi connectivity index (χ1) is 6.66. The minimum Gasteiger partial charge on any atom is -0.356 e. The molecule has 0 spiro atoms. The fraction of sp³-hybridized carbons (Fsp3) is 0. The topological polar surface area (TPSA) is 15.8 Å². The van der Waals surface area contributed by atoms with Gasteiger partial charge in [-0.05, 0) is 23.8 Å². The van der Waals surface area contributed by atoms with Gasteiger partial charge in [0.25, 0.3) is 0 Å². The van der Waals surface area contributed by atoms with Gasteiger partial charge in [0.05, 0.1) is 0 Å². The molecule has 0 bridgehead atoms. The molecule has 0 fully saturated rings. The van der Waals surface area contributed by atoms with Gasteiger partial charge in [-0.1, -0.05) is 41.2 Å². The molecule has 0 amide bonds. The molecule has 0 saturated heterocycles. The van der Waals surface area contributed by atoms with E-state index in [9.17, 15) is 0 Å². The lowest BCUT2D eigenvalue weighted by atomic mass is 10.1. The van der Waals surface area contributed by atoms with Crippen LogP contribution in [0.15, 0.2) is 34.8 Å². The van der Waals surface area contributed by atoms with Crippen LogP contribution in [0, 0.1) is 0 Å². The number of hydrogen-bond donors (Lipinski definition) is 1. The summed E-state index contributed by atoms with van der Waals surface area (Å²) in [6, 6.07) is 10.2. The summed E-state index contributed by atoms with van der Waals surface area (Å²) in [6.45, 7) is 7.77. The van der Waals surface area contributed by atoms with Gasteiger partial charge < -0.3 is 4.98 Å². The lowest BCUT2D eigenvalue weighted by Crippen LogP contribution is -2.06. The van der Waals surface area contributed by atoms with Crippen LogP contribution < -0.4 is 10.7 Å². The van der Waals surface area contributed by atoms with Gasteiger partial charge >= 0.3 is 0 Å². The van der Waals surface area contributed by atoms with Crippen LogP contribution >= 0.6 is 15.9 Å². The molecular formula is C12H10BrN. The molecule has 2 rings (SSSR count). The maximum Gasteiger partial charge on any atom is 0.0391 e. The maximum atomic E-state index is 3.93. The van der Waals surface area contributed by atoms with Crippen molar-refractivity contribution in [3.05, 3.63) is 45.5 Å². The first-order valence-corrected chi connectivity index (χ1v) is 5.09. The van der Waals surface area contributed by atoms with Crippen molar-refractivity contribution < 1.29 is 0 Å². The Kier molecular flexibility index (Phi) is 2.30. The van der Waals surface area contributed by atoms with Crippen LogP contribution in [-0.2, 0) is 0 Å². The lowest BCUT2D eigenvalue weighted by molar-refractivity contribution is 1.29. The van der Waals surface area contributed by atoms with Crippen LogP contribution in [0.4, 0.5) is 0 Å². The van der Waals surface area contributed by atoms with Gasteiger partial charge in [-0.15, -0.1) is 0 Å². The van der Waals surface area contributed by atoms with Crippen molar-refractivity contribution in [3.8, 4) is 11.1 Å². The molecule has 0 atom stereocenters. The highest BCUT2D eigenvalue weighted by Crippen LogP contribution is 2.17. The molecule has 1 aromatic heterocycles. The number of nitrogens with one attached hydrogen (secondary N) is 1. The van der Waals surface area contributed by atoms with Crippen LogP contribution in [0.1, 0.15) is 0 Å². The Morgan fingerprint density at radius 2 is 1.71 bits per heavy atom. The minimum absolute atomic E-state index is 0.896. The highest BCUT2D eigenvalue weighted by atomic mass is 79.9. The summed E-state index contributed by atoms with van der Waals surface area (Å²) in [5.74, 6) is 0. The predicted molar refractivity (Wildman–Crippen MR) is 64.2 cm³/mol. The van der Waals surface area contributed by atoms with Crippen LogP contribution in [0.2, 0.25) is 0 Å². The second kappa shape index (κ2) is 3.46. The van der Waals surface area contributed by atoms with E-state index in [1.165, 1.54) is 0 Å². The Morgan fingerprint density at radius 1 is 1.07 bits per heavy atom.